The average Bonchev–Trinajstić information content (AvgIpc) is 2.15. The van der Waals surface area contributed by atoms with Gasteiger partial charge in [-0.1, -0.05) is 30.3 Å². The van der Waals surface area contributed by atoms with Crippen molar-refractivity contribution < 1.29 is 0 Å². The highest BCUT2D eigenvalue weighted by Crippen LogP contribution is 2.23. The highest BCUT2D eigenvalue weighted by molar-refractivity contribution is 5.18. The van der Waals surface area contributed by atoms with Crippen LogP contribution < -0.4 is 5.84 Å². The fourth-order valence-electron chi connectivity index (χ4n) is 1.47. The monoisotopic (exact) mass is 192 g/mol. The van der Waals surface area contributed by atoms with E-state index in [2.05, 4.69) is 39.8 Å². The highest BCUT2D eigenvalue weighted by Gasteiger charge is 2.23. The van der Waals surface area contributed by atoms with Crippen LogP contribution in [0.15, 0.2) is 30.3 Å². The molecule has 0 radical (unpaired) electrons. The molecule has 14 heavy (non-hydrogen) atoms. The predicted molar refractivity (Wildman–Crippen MR) is 60.6 cm³/mol. The number of hydrogen-bond donors (Lipinski definition) is 1. The Hall–Kier alpha value is -0.860. The summed E-state index contributed by atoms with van der Waals surface area (Å²) in [5.41, 5.74) is 1.25. The van der Waals surface area contributed by atoms with Crippen molar-refractivity contribution >= 4 is 0 Å². The van der Waals surface area contributed by atoms with E-state index in [0.29, 0.717) is 0 Å². The van der Waals surface area contributed by atoms with Gasteiger partial charge in [-0.25, -0.2) is 5.01 Å². The minimum Gasteiger partial charge on any atom is -0.268 e. The maximum Gasteiger partial charge on any atom is 0.0468 e. The van der Waals surface area contributed by atoms with E-state index in [1.807, 2.05) is 23.2 Å². The maximum atomic E-state index is 6.06. The van der Waals surface area contributed by atoms with Gasteiger partial charge >= 0.3 is 0 Å². The summed E-state index contributed by atoms with van der Waals surface area (Å²) in [4.78, 5) is 0. The van der Waals surface area contributed by atoms with E-state index in [0.717, 1.165) is 0 Å². The van der Waals surface area contributed by atoms with Crippen LogP contribution in [-0.4, -0.2) is 10.5 Å². The van der Waals surface area contributed by atoms with Crippen molar-refractivity contribution in [3.63, 3.8) is 0 Å². The standard InChI is InChI=1S/C12H20N2/c1-10(14(13)12(2,3)4)11-8-6-5-7-9-11/h5-10H,13H2,1-4H3. The van der Waals surface area contributed by atoms with E-state index in [1.165, 1.54) is 5.56 Å². The molecule has 0 bridgehead atoms. The van der Waals surface area contributed by atoms with Gasteiger partial charge < -0.3 is 0 Å². The van der Waals surface area contributed by atoms with Gasteiger partial charge in [-0.05, 0) is 33.3 Å². The Morgan fingerprint density at radius 3 is 2.07 bits per heavy atom. The van der Waals surface area contributed by atoms with Gasteiger partial charge in [0.2, 0.25) is 0 Å². The molecule has 0 saturated carbocycles. The normalized spacial score (nSPS) is 14.4. The van der Waals surface area contributed by atoms with Gasteiger partial charge in [0.05, 0.1) is 0 Å². The topological polar surface area (TPSA) is 29.3 Å². The lowest BCUT2D eigenvalue weighted by Crippen LogP contribution is -2.47. The SMILES string of the molecule is CC(c1ccccc1)N(N)C(C)(C)C. The Balaban J connectivity index is 2.81. The molecule has 0 aliphatic heterocycles. The molecule has 1 unspecified atom stereocenters. The zero-order valence-electron chi connectivity index (χ0n) is 9.49. The first-order valence-electron chi connectivity index (χ1n) is 5.02. The molecular formula is C12H20N2. The molecular weight excluding hydrogens is 172 g/mol. The van der Waals surface area contributed by atoms with E-state index in [-0.39, 0.29) is 11.6 Å². The zero-order valence-corrected chi connectivity index (χ0v) is 9.49. The Bertz CT molecular complexity index is 274. The second-order valence-electron chi connectivity index (χ2n) is 4.66. The van der Waals surface area contributed by atoms with Crippen LogP contribution in [0.4, 0.5) is 0 Å². The van der Waals surface area contributed by atoms with Crippen LogP contribution in [0.3, 0.4) is 0 Å². The summed E-state index contributed by atoms with van der Waals surface area (Å²) in [6.45, 7) is 8.48. The van der Waals surface area contributed by atoms with Crippen LogP contribution in [0.25, 0.3) is 0 Å². The number of rotatable bonds is 2. The fraction of sp³-hybridized carbons (Fsp3) is 0.500. The van der Waals surface area contributed by atoms with Crippen molar-refractivity contribution in [1.29, 1.82) is 0 Å². The fourth-order valence-corrected chi connectivity index (χ4v) is 1.47. The number of hydrogen-bond acceptors (Lipinski definition) is 2. The Labute approximate surface area is 86.7 Å². The van der Waals surface area contributed by atoms with E-state index in [9.17, 15) is 0 Å². The average molecular weight is 192 g/mol. The molecule has 1 rings (SSSR count). The van der Waals surface area contributed by atoms with E-state index < -0.39 is 0 Å². The van der Waals surface area contributed by atoms with Crippen LogP contribution in [-0.2, 0) is 0 Å². The molecule has 0 aromatic heterocycles. The molecule has 0 aliphatic carbocycles. The molecule has 0 aliphatic rings. The first-order chi connectivity index (χ1) is 6.43. The van der Waals surface area contributed by atoms with Crippen LogP contribution in [0.1, 0.15) is 39.3 Å². The second-order valence-corrected chi connectivity index (χ2v) is 4.66. The number of hydrazine groups is 1. The number of benzene rings is 1. The first kappa shape index (κ1) is 11.2. The van der Waals surface area contributed by atoms with Gasteiger partial charge in [0.25, 0.3) is 0 Å². The van der Waals surface area contributed by atoms with Gasteiger partial charge in [-0.15, -0.1) is 0 Å². The minimum absolute atomic E-state index is 0.00470. The first-order valence-corrected chi connectivity index (χ1v) is 5.02. The van der Waals surface area contributed by atoms with Crippen molar-refractivity contribution in [2.45, 2.75) is 39.3 Å². The van der Waals surface area contributed by atoms with E-state index in [1.54, 1.807) is 0 Å². The molecule has 1 aromatic rings. The lowest BCUT2D eigenvalue weighted by molar-refractivity contribution is 0.0909. The van der Waals surface area contributed by atoms with Gasteiger partial charge in [0.1, 0.15) is 0 Å². The summed E-state index contributed by atoms with van der Waals surface area (Å²) in [5, 5.41) is 1.89. The van der Waals surface area contributed by atoms with Crippen molar-refractivity contribution in [3.05, 3.63) is 35.9 Å². The van der Waals surface area contributed by atoms with Crippen molar-refractivity contribution in [3.8, 4) is 0 Å². The lowest BCUT2D eigenvalue weighted by Gasteiger charge is -2.36. The summed E-state index contributed by atoms with van der Waals surface area (Å²) in [6, 6.07) is 10.6. The van der Waals surface area contributed by atoms with Gasteiger partial charge in [0, 0.05) is 11.6 Å². The lowest BCUT2D eigenvalue weighted by atomic mass is 10.0. The molecule has 78 valence electrons. The van der Waals surface area contributed by atoms with Crippen molar-refractivity contribution in [2.75, 3.05) is 0 Å². The summed E-state index contributed by atoms with van der Waals surface area (Å²) < 4.78 is 0. The molecule has 2 nitrogen and oxygen atoms in total. The molecule has 0 saturated heterocycles. The third kappa shape index (κ3) is 2.56. The summed E-state index contributed by atoms with van der Waals surface area (Å²) in [5.74, 6) is 6.06. The van der Waals surface area contributed by atoms with Gasteiger partial charge in [-0.2, -0.15) is 0 Å². The Morgan fingerprint density at radius 1 is 1.14 bits per heavy atom. The molecule has 0 heterocycles. The number of nitrogens with zero attached hydrogens (tertiary/aromatic N) is 1. The van der Waals surface area contributed by atoms with Crippen molar-refractivity contribution in [2.24, 2.45) is 5.84 Å². The summed E-state index contributed by atoms with van der Waals surface area (Å²) >= 11 is 0. The summed E-state index contributed by atoms with van der Waals surface area (Å²) in [7, 11) is 0. The van der Waals surface area contributed by atoms with E-state index in [4.69, 9.17) is 5.84 Å². The third-order valence-electron chi connectivity index (χ3n) is 2.47. The molecule has 2 N–H and O–H groups in total. The van der Waals surface area contributed by atoms with Gasteiger partial charge in [0.15, 0.2) is 0 Å². The maximum absolute atomic E-state index is 6.06. The van der Waals surface area contributed by atoms with E-state index >= 15 is 0 Å². The van der Waals surface area contributed by atoms with Crippen LogP contribution in [0, 0.1) is 0 Å². The molecule has 0 fully saturated rings. The molecule has 0 spiro atoms. The number of nitrogens with two attached hydrogens (primary N) is 1. The van der Waals surface area contributed by atoms with Gasteiger partial charge in [-0.3, -0.25) is 5.84 Å². The quantitative estimate of drug-likeness (QED) is 0.576. The Kier molecular flexibility index (Phi) is 3.29. The second kappa shape index (κ2) is 4.11. The van der Waals surface area contributed by atoms with Crippen LogP contribution >= 0.6 is 0 Å². The molecule has 2 heteroatoms. The highest BCUT2D eigenvalue weighted by atomic mass is 15.4. The summed E-state index contributed by atoms with van der Waals surface area (Å²) in [6.07, 6.45) is 0. The third-order valence-corrected chi connectivity index (χ3v) is 2.47. The molecule has 1 aromatic carbocycles. The van der Waals surface area contributed by atoms with Crippen LogP contribution in [0.2, 0.25) is 0 Å². The van der Waals surface area contributed by atoms with Crippen molar-refractivity contribution in [1.82, 2.24) is 5.01 Å². The largest absolute Gasteiger partial charge is 0.268 e. The predicted octanol–water partition coefficient (Wildman–Crippen LogP) is 2.72. The van der Waals surface area contributed by atoms with Crippen LogP contribution in [0.5, 0.6) is 0 Å². The zero-order chi connectivity index (χ0) is 10.8. The molecule has 1 atom stereocenters. The smallest absolute Gasteiger partial charge is 0.0468 e. The molecule has 0 amide bonds. The minimum atomic E-state index is -0.00470. The Morgan fingerprint density at radius 2 is 1.64 bits per heavy atom.